The number of hydrogen-bond donors (Lipinski definition) is 1. The summed E-state index contributed by atoms with van der Waals surface area (Å²) in [6.07, 6.45) is 1.95. The quantitative estimate of drug-likeness (QED) is 0.802. The molecule has 0 aliphatic carbocycles. The molecule has 0 bridgehead atoms. The maximum atomic E-state index is 11.8. The standard InChI is InChI=1S/C12H17N3O2/c13-10-1-2-11(14-8-10)7-12(16)9-15-3-5-17-6-4-15/h1-2,8H,3-7,9,13H2. The molecule has 2 heterocycles. The first-order valence-corrected chi connectivity index (χ1v) is 5.76. The maximum absolute atomic E-state index is 11.8. The van der Waals surface area contributed by atoms with Gasteiger partial charge < -0.3 is 10.5 Å². The average molecular weight is 235 g/mol. The molecule has 0 aromatic carbocycles. The molecule has 0 saturated carbocycles. The smallest absolute Gasteiger partial charge is 0.152 e. The monoisotopic (exact) mass is 235 g/mol. The molecule has 0 radical (unpaired) electrons. The molecule has 1 aromatic rings. The van der Waals surface area contributed by atoms with E-state index in [0.717, 1.165) is 18.8 Å². The summed E-state index contributed by atoms with van der Waals surface area (Å²) in [6, 6.07) is 3.57. The van der Waals surface area contributed by atoms with Gasteiger partial charge in [-0.05, 0) is 12.1 Å². The number of hydrogen-bond acceptors (Lipinski definition) is 5. The largest absolute Gasteiger partial charge is 0.397 e. The molecule has 17 heavy (non-hydrogen) atoms. The van der Waals surface area contributed by atoms with Gasteiger partial charge in [0.25, 0.3) is 0 Å². The summed E-state index contributed by atoms with van der Waals surface area (Å²) in [6.45, 7) is 3.58. The van der Waals surface area contributed by atoms with Gasteiger partial charge in [0, 0.05) is 18.8 Å². The lowest BCUT2D eigenvalue weighted by molar-refractivity contribution is -0.120. The molecule has 92 valence electrons. The van der Waals surface area contributed by atoms with Gasteiger partial charge in [0.1, 0.15) is 0 Å². The van der Waals surface area contributed by atoms with Crippen LogP contribution in [-0.4, -0.2) is 48.5 Å². The van der Waals surface area contributed by atoms with Gasteiger partial charge in [0.05, 0.1) is 38.1 Å². The van der Waals surface area contributed by atoms with Gasteiger partial charge in [0.2, 0.25) is 0 Å². The van der Waals surface area contributed by atoms with Crippen LogP contribution in [-0.2, 0) is 16.0 Å². The molecule has 0 amide bonds. The number of pyridine rings is 1. The number of Topliss-reactive ketones (excluding diaryl/α,β-unsaturated/α-hetero) is 1. The van der Waals surface area contributed by atoms with Crippen molar-refractivity contribution in [3.63, 3.8) is 0 Å². The van der Waals surface area contributed by atoms with Crippen molar-refractivity contribution in [1.29, 1.82) is 0 Å². The fourth-order valence-electron chi connectivity index (χ4n) is 1.81. The number of rotatable bonds is 4. The number of aromatic nitrogens is 1. The number of anilines is 1. The van der Waals surface area contributed by atoms with E-state index in [1.54, 1.807) is 18.3 Å². The molecule has 1 saturated heterocycles. The van der Waals surface area contributed by atoms with Crippen LogP contribution in [0.15, 0.2) is 18.3 Å². The van der Waals surface area contributed by atoms with Crippen LogP contribution in [0.3, 0.4) is 0 Å². The Morgan fingerprint density at radius 1 is 1.41 bits per heavy atom. The Morgan fingerprint density at radius 2 is 2.18 bits per heavy atom. The highest BCUT2D eigenvalue weighted by atomic mass is 16.5. The minimum absolute atomic E-state index is 0.184. The van der Waals surface area contributed by atoms with E-state index in [-0.39, 0.29) is 5.78 Å². The second kappa shape index (κ2) is 5.75. The zero-order valence-electron chi connectivity index (χ0n) is 9.76. The Bertz CT molecular complexity index is 372. The molecule has 5 nitrogen and oxygen atoms in total. The third kappa shape index (κ3) is 3.80. The van der Waals surface area contributed by atoms with E-state index < -0.39 is 0 Å². The van der Waals surface area contributed by atoms with Gasteiger partial charge in [0.15, 0.2) is 5.78 Å². The van der Waals surface area contributed by atoms with Crippen molar-refractivity contribution < 1.29 is 9.53 Å². The van der Waals surface area contributed by atoms with Crippen molar-refractivity contribution in [2.75, 3.05) is 38.6 Å². The van der Waals surface area contributed by atoms with Crippen molar-refractivity contribution in [3.8, 4) is 0 Å². The van der Waals surface area contributed by atoms with Gasteiger partial charge in [-0.15, -0.1) is 0 Å². The Hall–Kier alpha value is -1.46. The summed E-state index contributed by atoms with van der Waals surface area (Å²) in [5.74, 6) is 0.184. The Kier molecular flexibility index (Phi) is 4.06. The summed E-state index contributed by atoms with van der Waals surface area (Å²) in [4.78, 5) is 18.0. The number of ketones is 1. The maximum Gasteiger partial charge on any atom is 0.152 e. The molecule has 1 aliphatic rings. The molecular formula is C12H17N3O2. The Labute approximate surface area is 101 Å². The number of morpholine rings is 1. The number of nitrogens with zero attached hydrogens (tertiary/aromatic N) is 2. The summed E-state index contributed by atoms with van der Waals surface area (Å²) in [5.41, 5.74) is 6.93. The average Bonchev–Trinajstić information content (AvgIpc) is 2.33. The molecule has 0 unspecified atom stereocenters. The van der Waals surface area contributed by atoms with Crippen molar-refractivity contribution in [2.45, 2.75) is 6.42 Å². The van der Waals surface area contributed by atoms with E-state index in [2.05, 4.69) is 9.88 Å². The minimum Gasteiger partial charge on any atom is -0.397 e. The third-order valence-electron chi connectivity index (χ3n) is 2.73. The van der Waals surface area contributed by atoms with Crippen molar-refractivity contribution in [2.24, 2.45) is 0 Å². The van der Waals surface area contributed by atoms with Gasteiger partial charge in [-0.1, -0.05) is 0 Å². The van der Waals surface area contributed by atoms with E-state index >= 15 is 0 Å². The van der Waals surface area contributed by atoms with Crippen LogP contribution in [0.2, 0.25) is 0 Å². The minimum atomic E-state index is 0.184. The summed E-state index contributed by atoms with van der Waals surface area (Å²) in [5, 5.41) is 0. The van der Waals surface area contributed by atoms with E-state index in [4.69, 9.17) is 10.5 Å². The molecule has 0 spiro atoms. The summed E-state index contributed by atoms with van der Waals surface area (Å²) >= 11 is 0. The predicted molar refractivity (Wildman–Crippen MR) is 64.6 cm³/mol. The number of ether oxygens (including phenoxy) is 1. The van der Waals surface area contributed by atoms with Crippen molar-refractivity contribution >= 4 is 11.5 Å². The Balaban J connectivity index is 1.82. The number of carbonyl (C=O) groups excluding carboxylic acids is 1. The summed E-state index contributed by atoms with van der Waals surface area (Å²) < 4.78 is 5.23. The zero-order valence-corrected chi connectivity index (χ0v) is 9.76. The number of carbonyl (C=O) groups is 1. The molecule has 1 aromatic heterocycles. The van der Waals surface area contributed by atoms with E-state index in [1.165, 1.54) is 0 Å². The highest BCUT2D eigenvalue weighted by Crippen LogP contribution is 2.03. The van der Waals surface area contributed by atoms with Crippen LogP contribution in [0, 0.1) is 0 Å². The zero-order chi connectivity index (χ0) is 12.1. The molecule has 2 rings (SSSR count). The SMILES string of the molecule is Nc1ccc(CC(=O)CN2CCOCC2)nc1. The van der Waals surface area contributed by atoms with Gasteiger partial charge >= 0.3 is 0 Å². The normalized spacial score (nSPS) is 16.9. The van der Waals surface area contributed by atoms with Crippen LogP contribution in [0.5, 0.6) is 0 Å². The van der Waals surface area contributed by atoms with Gasteiger partial charge in [-0.2, -0.15) is 0 Å². The fourth-order valence-corrected chi connectivity index (χ4v) is 1.81. The molecule has 2 N–H and O–H groups in total. The molecule has 1 aliphatic heterocycles. The lowest BCUT2D eigenvalue weighted by Crippen LogP contribution is -2.39. The lowest BCUT2D eigenvalue weighted by Gasteiger charge is -2.25. The molecule has 5 heteroatoms. The first-order valence-electron chi connectivity index (χ1n) is 5.76. The van der Waals surface area contributed by atoms with E-state index in [9.17, 15) is 4.79 Å². The highest BCUT2D eigenvalue weighted by Gasteiger charge is 2.14. The van der Waals surface area contributed by atoms with E-state index in [1.807, 2.05) is 0 Å². The van der Waals surface area contributed by atoms with Gasteiger partial charge in [-0.25, -0.2) is 0 Å². The van der Waals surface area contributed by atoms with Crippen molar-refractivity contribution in [3.05, 3.63) is 24.0 Å². The van der Waals surface area contributed by atoms with Crippen molar-refractivity contribution in [1.82, 2.24) is 9.88 Å². The second-order valence-electron chi connectivity index (χ2n) is 4.19. The highest BCUT2D eigenvalue weighted by molar-refractivity contribution is 5.82. The topological polar surface area (TPSA) is 68.5 Å². The number of nitrogens with two attached hydrogens (primary N) is 1. The third-order valence-corrected chi connectivity index (χ3v) is 2.73. The molecule has 0 atom stereocenters. The van der Waals surface area contributed by atoms with Crippen LogP contribution in [0.4, 0.5) is 5.69 Å². The first kappa shape index (κ1) is 12.0. The fraction of sp³-hybridized carbons (Fsp3) is 0.500. The number of nitrogen functional groups attached to an aromatic ring is 1. The van der Waals surface area contributed by atoms with Crippen LogP contribution in [0.25, 0.3) is 0 Å². The molecule has 1 fully saturated rings. The first-order chi connectivity index (χ1) is 8.24. The predicted octanol–water partition coefficient (Wildman–Crippen LogP) is 0.108. The van der Waals surface area contributed by atoms with Crippen LogP contribution >= 0.6 is 0 Å². The van der Waals surface area contributed by atoms with E-state index in [0.29, 0.717) is 31.9 Å². The molecular weight excluding hydrogens is 218 g/mol. The second-order valence-corrected chi connectivity index (χ2v) is 4.19. The van der Waals surface area contributed by atoms with Gasteiger partial charge in [-0.3, -0.25) is 14.7 Å². The van der Waals surface area contributed by atoms with Crippen LogP contribution < -0.4 is 5.73 Å². The lowest BCUT2D eigenvalue weighted by atomic mass is 10.2. The van der Waals surface area contributed by atoms with Crippen LogP contribution in [0.1, 0.15) is 5.69 Å². The summed E-state index contributed by atoms with van der Waals surface area (Å²) in [7, 11) is 0. The Morgan fingerprint density at radius 3 is 2.82 bits per heavy atom.